The van der Waals surface area contributed by atoms with Gasteiger partial charge in [0.25, 0.3) is 11.2 Å². The van der Waals surface area contributed by atoms with Crippen molar-refractivity contribution in [3.05, 3.63) is 38.7 Å². The van der Waals surface area contributed by atoms with Crippen molar-refractivity contribution in [2.45, 2.75) is 12.8 Å². The third-order valence-electron chi connectivity index (χ3n) is 3.18. The quantitative estimate of drug-likeness (QED) is 0.621. The highest BCUT2D eigenvalue weighted by Crippen LogP contribution is 2.28. The first kappa shape index (κ1) is 12.0. The average Bonchev–Trinajstić information content (AvgIpc) is 2.92. The number of fused-ring (bicyclic) bond motifs is 1. The van der Waals surface area contributed by atoms with E-state index >= 15 is 0 Å². The number of rotatable bonds is 2. The summed E-state index contributed by atoms with van der Waals surface area (Å²) in [7, 11) is 0. The Balaban J connectivity index is 2.14. The molecule has 0 bridgehead atoms. The second-order valence-corrected chi connectivity index (χ2v) is 5.44. The molecule has 0 spiro atoms. The minimum Gasteiger partial charge on any atom is -0.348 e. The van der Waals surface area contributed by atoms with Gasteiger partial charge in [-0.25, -0.2) is 0 Å². The first-order chi connectivity index (χ1) is 9.15. The Morgan fingerprint density at radius 2 is 2.05 bits per heavy atom. The van der Waals surface area contributed by atoms with Crippen LogP contribution in [0.1, 0.15) is 12.8 Å². The second-order valence-electron chi connectivity index (χ2n) is 4.43. The molecule has 0 aliphatic carbocycles. The Morgan fingerprint density at radius 3 is 2.74 bits per heavy atom. The van der Waals surface area contributed by atoms with Gasteiger partial charge in [-0.1, -0.05) is 11.3 Å². The van der Waals surface area contributed by atoms with E-state index in [0.29, 0.717) is 10.5 Å². The molecule has 1 aliphatic heterocycles. The molecule has 3 rings (SSSR count). The largest absolute Gasteiger partial charge is 0.348 e. The molecular formula is C12H11N3O3S. The molecule has 0 radical (unpaired) electrons. The summed E-state index contributed by atoms with van der Waals surface area (Å²) in [6, 6.07) is 4.35. The average molecular weight is 277 g/mol. The maximum Gasteiger partial charge on any atom is 0.281 e. The van der Waals surface area contributed by atoms with E-state index in [1.165, 1.54) is 23.5 Å². The molecule has 0 N–H and O–H groups in total. The Hall–Kier alpha value is -2.02. The van der Waals surface area contributed by atoms with Gasteiger partial charge in [0.2, 0.25) is 0 Å². The molecule has 0 saturated carbocycles. The maximum absolute atomic E-state index is 12.0. The topological polar surface area (TPSA) is 76.3 Å². The van der Waals surface area contributed by atoms with Crippen LogP contribution in [0.15, 0.2) is 23.0 Å². The SMILES string of the molecule is O=c1nc(N2CCCC2)sc2ccc([N+](=O)[O-])cc12. The Kier molecular flexibility index (Phi) is 2.90. The Bertz CT molecular complexity index is 707. The highest BCUT2D eigenvalue weighted by Gasteiger charge is 2.17. The van der Waals surface area contributed by atoms with Gasteiger partial charge in [0.1, 0.15) is 0 Å². The fourth-order valence-corrected chi connectivity index (χ4v) is 3.23. The van der Waals surface area contributed by atoms with Crippen molar-refractivity contribution >= 4 is 32.2 Å². The lowest BCUT2D eigenvalue weighted by Gasteiger charge is -2.14. The van der Waals surface area contributed by atoms with E-state index < -0.39 is 4.92 Å². The molecule has 1 saturated heterocycles. The summed E-state index contributed by atoms with van der Waals surface area (Å²) in [6.45, 7) is 1.84. The molecule has 1 aromatic heterocycles. The van der Waals surface area contributed by atoms with E-state index in [9.17, 15) is 14.9 Å². The zero-order valence-corrected chi connectivity index (χ0v) is 10.9. The molecule has 1 aromatic carbocycles. The van der Waals surface area contributed by atoms with E-state index in [0.717, 1.165) is 30.6 Å². The van der Waals surface area contributed by atoms with Crippen molar-refractivity contribution in [3.63, 3.8) is 0 Å². The lowest BCUT2D eigenvalue weighted by atomic mass is 10.2. The lowest BCUT2D eigenvalue weighted by Crippen LogP contribution is -2.21. The van der Waals surface area contributed by atoms with E-state index in [4.69, 9.17) is 0 Å². The van der Waals surface area contributed by atoms with Crippen molar-refractivity contribution < 1.29 is 4.92 Å². The normalized spacial score (nSPS) is 15.1. The zero-order valence-electron chi connectivity index (χ0n) is 10.0. The van der Waals surface area contributed by atoms with Crippen LogP contribution in [0.5, 0.6) is 0 Å². The Labute approximate surface area is 112 Å². The first-order valence-corrected chi connectivity index (χ1v) is 6.81. The minimum absolute atomic E-state index is 0.0764. The van der Waals surface area contributed by atoms with Crippen molar-refractivity contribution in [1.29, 1.82) is 0 Å². The van der Waals surface area contributed by atoms with E-state index in [1.54, 1.807) is 6.07 Å². The number of hydrogen-bond donors (Lipinski definition) is 0. The molecular weight excluding hydrogens is 266 g/mol. The van der Waals surface area contributed by atoms with Crippen LogP contribution in [0, 0.1) is 10.1 Å². The van der Waals surface area contributed by atoms with Crippen LogP contribution in [-0.4, -0.2) is 23.0 Å². The zero-order chi connectivity index (χ0) is 13.4. The van der Waals surface area contributed by atoms with Gasteiger partial charge in [-0.2, -0.15) is 4.98 Å². The predicted octanol–water partition coefficient (Wildman–Crippen LogP) is 2.16. The second kappa shape index (κ2) is 4.58. The van der Waals surface area contributed by atoms with Crippen molar-refractivity contribution in [3.8, 4) is 0 Å². The van der Waals surface area contributed by atoms with Gasteiger partial charge in [0, 0.05) is 29.9 Å². The smallest absolute Gasteiger partial charge is 0.281 e. The first-order valence-electron chi connectivity index (χ1n) is 5.99. The van der Waals surface area contributed by atoms with Crippen LogP contribution in [0.3, 0.4) is 0 Å². The van der Waals surface area contributed by atoms with Crippen molar-refractivity contribution in [2.75, 3.05) is 18.0 Å². The van der Waals surface area contributed by atoms with Crippen LogP contribution in [0.2, 0.25) is 0 Å². The molecule has 19 heavy (non-hydrogen) atoms. The van der Waals surface area contributed by atoms with Gasteiger partial charge in [0.15, 0.2) is 5.13 Å². The fourth-order valence-electron chi connectivity index (χ4n) is 2.20. The number of non-ortho nitro benzene ring substituents is 1. The molecule has 6 nitrogen and oxygen atoms in total. The van der Waals surface area contributed by atoms with Crippen molar-refractivity contribution in [2.24, 2.45) is 0 Å². The molecule has 2 aromatic rings. The van der Waals surface area contributed by atoms with Crippen LogP contribution >= 0.6 is 11.3 Å². The highest BCUT2D eigenvalue weighted by atomic mass is 32.1. The standard InChI is InChI=1S/C12H11N3O3S/c16-11-9-7-8(15(17)18)3-4-10(9)19-12(13-11)14-5-1-2-6-14/h3-4,7H,1-2,5-6H2. The number of benzene rings is 1. The number of nitrogens with zero attached hydrogens (tertiary/aromatic N) is 3. The molecule has 1 aliphatic rings. The van der Waals surface area contributed by atoms with Gasteiger partial charge >= 0.3 is 0 Å². The summed E-state index contributed by atoms with van der Waals surface area (Å²) >= 11 is 1.41. The monoisotopic (exact) mass is 277 g/mol. The fraction of sp³-hybridized carbons (Fsp3) is 0.333. The van der Waals surface area contributed by atoms with Gasteiger partial charge in [0.05, 0.1) is 10.3 Å². The maximum atomic E-state index is 12.0. The van der Waals surface area contributed by atoms with Gasteiger partial charge in [-0.05, 0) is 18.9 Å². The van der Waals surface area contributed by atoms with Crippen LogP contribution in [-0.2, 0) is 0 Å². The minimum atomic E-state index is -0.502. The van der Waals surface area contributed by atoms with E-state index in [2.05, 4.69) is 9.88 Å². The summed E-state index contributed by atoms with van der Waals surface area (Å²) in [5.41, 5.74) is -0.466. The molecule has 0 unspecified atom stereocenters. The third kappa shape index (κ3) is 2.17. The summed E-state index contributed by atoms with van der Waals surface area (Å²) in [5.74, 6) is 0. The summed E-state index contributed by atoms with van der Waals surface area (Å²) in [4.78, 5) is 28.3. The van der Waals surface area contributed by atoms with Gasteiger partial charge in [-0.15, -0.1) is 0 Å². The number of anilines is 1. The molecule has 1 fully saturated rings. The molecule has 0 amide bonds. The number of nitro benzene ring substituents is 1. The Morgan fingerprint density at radius 1 is 1.32 bits per heavy atom. The number of aromatic nitrogens is 1. The van der Waals surface area contributed by atoms with Crippen LogP contribution in [0.25, 0.3) is 10.1 Å². The lowest BCUT2D eigenvalue weighted by molar-refractivity contribution is -0.384. The van der Waals surface area contributed by atoms with Gasteiger partial charge in [-0.3, -0.25) is 14.9 Å². The van der Waals surface area contributed by atoms with E-state index in [-0.39, 0.29) is 11.2 Å². The summed E-state index contributed by atoms with van der Waals surface area (Å²) < 4.78 is 0.743. The predicted molar refractivity (Wildman–Crippen MR) is 74.0 cm³/mol. The van der Waals surface area contributed by atoms with Crippen molar-refractivity contribution in [1.82, 2.24) is 4.98 Å². The van der Waals surface area contributed by atoms with Gasteiger partial charge < -0.3 is 4.90 Å². The molecule has 2 heterocycles. The van der Waals surface area contributed by atoms with Crippen LogP contribution in [0.4, 0.5) is 10.8 Å². The highest BCUT2D eigenvalue weighted by molar-refractivity contribution is 7.21. The molecule has 98 valence electrons. The number of nitro groups is 1. The third-order valence-corrected chi connectivity index (χ3v) is 4.29. The molecule has 0 atom stereocenters. The summed E-state index contributed by atoms with van der Waals surface area (Å²) in [6.07, 6.45) is 2.22. The summed E-state index contributed by atoms with van der Waals surface area (Å²) in [5, 5.41) is 11.7. The van der Waals surface area contributed by atoms with Crippen LogP contribution < -0.4 is 10.5 Å². The van der Waals surface area contributed by atoms with E-state index in [1.807, 2.05) is 0 Å². The number of hydrogen-bond acceptors (Lipinski definition) is 6. The molecule has 7 heteroatoms.